The van der Waals surface area contributed by atoms with E-state index in [4.69, 9.17) is 0 Å². The van der Waals surface area contributed by atoms with Gasteiger partial charge in [0.1, 0.15) is 0 Å². The molecule has 0 aliphatic heterocycles. The molecular formula is C10H8N4S. The second-order valence-corrected chi connectivity index (χ2v) is 3.21. The van der Waals surface area contributed by atoms with E-state index in [2.05, 4.69) is 32.7 Å². The highest BCUT2D eigenvalue weighted by Gasteiger charge is 1.98. The summed E-state index contributed by atoms with van der Waals surface area (Å²) in [6.07, 6.45) is 1.86. The molecule has 1 aromatic carbocycles. The van der Waals surface area contributed by atoms with Gasteiger partial charge in [0.25, 0.3) is 0 Å². The van der Waals surface area contributed by atoms with Crippen molar-refractivity contribution < 1.29 is 0 Å². The zero-order valence-electron chi connectivity index (χ0n) is 8.08. The number of hydrogen-bond donors (Lipinski definition) is 0. The van der Waals surface area contributed by atoms with Crippen molar-refractivity contribution in [2.75, 3.05) is 0 Å². The summed E-state index contributed by atoms with van der Waals surface area (Å²) in [5.74, 6) is 0. The molecule has 0 radical (unpaired) electrons. The van der Waals surface area contributed by atoms with Gasteiger partial charge in [-0.2, -0.15) is 4.99 Å². The van der Waals surface area contributed by atoms with E-state index in [1.165, 1.54) is 0 Å². The summed E-state index contributed by atoms with van der Waals surface area (Å²) < 4.78 is 1.71. The lowest BCUT2D eigenvalue weighted by molar-refractivity contribution is 0.801. The highest BCUT2D eigenvalue weighted by molar-refractivity contribution is 7.78. The lowest BCUT2D eigenvalue weighted by atomic mass is 10.3. The molecule has 4 nitrogen and oxygen atoms in total. The Balaban J connectivity index is 2.35. The fourth-order valence-electron chi connectivity index (χ4n) is 1.21. The third-order valence-corrected chi connectivity index (χ3v) is 1.99. The first kappa shape index (κ1) is 9.71. The molecular weight excluding hydrogens is 208 g/mol. The Morgan fingerprint density at radius 3 is 2.60 bits per heavy atom. The molecule has 2 aromatic rings. The van der Waals surface area contributed by atoms with Gasteiger partial charge >= 0.3 is 0 Å². The van der Waals surface area contributed by atoms with E-state index >= 15 is 0 Å². The summed E-state index contributed by atoms with van der Waals surface area (Å²) >= 11 is 4.52. The van der Waals surface area contributed by atoms with Gasteiger partial charge in [-0.1, -0.05) is 5.21 Å². The molecule has 0 spiro atoms. The van der Waals surface area contributed by atoms with Gasteiger partial charge < -0.3 is 0 Å². The van der Waals surface area contributed by atoms with Crippen LogP contribution in [-0.4, -0.2) is 20.2 Å². The molecule has 0 unspecified atom stereocenters. The topological polar surface area (TPSA) is 43.1 Å². The molecule has 15 heavy (non-hydrogen) atoms. The minimum absolute atomic E-state index is 0.783. The minimum Gasteiger partial charge on any atom is -0.220 e. The molecule has 0 saturated heterocycles. The highest BCUT2D eigenvalue weighted by atomic mass is 32.1. The van der Waals surface area contributed by atoms with Crippen LogP contribution in [0.1, 0.15) is 5.69 Å². The first-order valence-electron chi connectivity index (χ1n) is 4.37. The van der Waals surface area contributed by atoms with Crippen LogP contribution >= 0.6 is 12.2 Å². The Labute approximate surface area is 92.3 Å². The third kappa shape index (κ3) is 2.15. The molecule has 0 fully saturated rings. The number of nitrogens with zero attached hydrogens (tertiary/aromatic N) is 4. The van der Waals surface area contributed by atoms with Crippen molar-refractivity contribution in [3.05, 3.63) is 36.2 Å². The van der Waals surface area contributed by atoms with Crippen molar-refractivity contribution in [1.82, 2.24) is 15.0 Å². The lowest BCUT2D eigenvalue weighted by Crippen LogP contribution is -1.93. The molecule has 2 rings (SSSR count). The van der Waals surface area contributed by atoms with E-state index in [0.29, 0.717) is 0 Å². The van der Waals surface area contributed by atoms with E-state index in [1.807, 2.05) is 37.4 Å². The SMILES string of the molecule is Cc1cn(-c2ccc(N=C=S)cc2)nn1. The maximum Gasteiger partial charge on any atom is 0.0800 e. The van der Waals surface area contributed by atoms with Crippen LogP contribution in [0.25, 0.3) is 5.69 Å². The van der Waals surface area contributed by atoms with E-state index in [9.17, 15) is 0 Å². The van der Waals surface area contributed by atoms with E-state index in [0.717, 1.165) is 17.1 Å². The van der Waals surface area contributed by atoms with Crippen molar-refractivity contribution in [1.29, 1.82) is 0 Å². The van der Waals surface area contributed by atoms with Gasteiger partial charge in [0.05, 0.1) is 28.4 Å². The highest BCUT2D eigenvalue weighted by Crippen LogP contribution is 2.14. The summed E-state index contributed by atoms with van der Waals surface area (Å²) in [4.78, 5) is 3.87. The Bertz CT molecular complexity index is 508. The van der Waals surface area contributed by atoms with Crippen LogP contribution < -0.4 is 0 Å². The fraction of sp³-hybridized carbons (Fsp3) is 0.100. The van der Waals surface area contributed by atoms with Gasteiger partial charge in [-0.3, -0.25) is 0 Å². The molecule has 0 saturated carbocycles. The molecule has 1 aromatic heterocycles. The van der Waals surface area contributed by atoms with Gasteiger partial charge in [0.2, 0.25) is 0 Å². The maximum atomic E-state index is 4.52. The van der Waals surface area contributed by atoms with E-state index < -0.39 is 0 Å². The molecule has 5 heteroatoms. The molecule has 0 atom stereocenters. The molecule has 0 amide bonds. The van der Waals surface area contributed by atoms with Gasteiger partial charge in [0.15, 0.2) is 0 Å². The minimum atomic E-state index is 0.783. The van der Waals surface area contributed by atoms with Gasteiger partial charge in [-0.15, -0.1) is 5.10 Å². The number of aliphatic imine (C=N–C) groups is 1. The largest absolute Gasteiger partial charge is 0.220 e. The Kier molecular flexibility index (Phi) is 2.67. The maximum absolute atomic E-state index is 4.52. The lowest BCUT2D eigenvalue weighted by Gasteiger charge is -1.98. The number of benzene rings is 1. The van der Waals surface area contributed by atoms with Crippen LogP contribution in [-0.2, 0) is 0 Å². The monoisotopic (exact) mass is 216 g/mol. The summed E-state index contributed by atoms with van der Waals surface area (Å²) in [6, 6.07) is 7.51. The second-order valence-electron chi connectivity index (χ2n) is 3.02. The summed E-state index contributed by atoms with van der Waals surface area (Å²) in [6.45, 7) is 1.90. The van der Waals surface area contributed by atoms with Crippen LogP contribution in [0.15, 0.2) is 35.5 Å². The van der Waals surface area contributed by atoms with Crippen molar-refractivity contribution in [3.63, 3.8) is 0 Å². The first-order chi connectivity index (χ1) is 7.29. The summed E-state index contributed by atoms with van der Waals surface area (Å²) in [5, 5.41) is 10.2. The zero-order valence-corrected chi connectivity index (χ0v) is 8.90. The predicted octanol–water partition coefficient (Wildman–Crippen LogP) is 2.31. The summed E-state index contributed by atoms with van der Waals surface area (Å²) in [5.41, 5.74) is 2.61. The van der Waals surface area contributed by atoms with Crippen LogP contribution in [0.5, 0.6) is 0 Å². The molecule has 74 valence electrons. The third-order valence-electron chi connectivity index (χ3n) is 1.90. The normalized spacial score (nSPS) is 9.67. The smallest absolute Gasteiger partial charge is 0.0800 e. The van der Waals surface area contributed by atoms with E-state index in [1.54, 1.807) is 4.68 Å². The average molecular weight is 216 g/mol. The van der Waals surface area contributed by atoms with Crippen LogP contribution in [0, 0.1) is 6.92 Å². The van der Waals surface area contributed by atoms with Gasteiger partial charge in [-0.25, -0.2) is 4.68 Å². The Hall–Kier alpha value is -1.84. The second kappa shape index (κ2) is 4.13. The number of isothiocyanates is 1. The number of rotatable bonds is 2. The number of aryl methyl sites for hydroxylation is 1. The first-order valence-corrected chi connectivity index (χ1v) is 4.78. The average Bonchev–Trinajstić information content (AvgIpc) is 2.67. The number of aromatic nitrogens is 3. The standard InChI is InChI=1S/C10H8N4S/c1-8-6-14(13-12-8)10-4-2-9(3-5-10)11-7-15/h2-6H,1H3. The van der Waals surface area contributed by atoms with Crippen LogP contribution in [0.2, 0.25) is 0 Å². The molecule has 0 bridgehead atoms. The van der Waals surface area contributed by atoms with Crippen molar-refractivity contribution in [2.45, 2.75) is 6.92 Å². The Morgan fingerprint density at radius 2 is 2.07 bits per heavy atom. The molecule has 0 N–H and O–H groups in total. The van der Waals surface area contributed by atoms with Crippen LogP contribution in [0.4, 0.5) is 5.69 Å². The predicted molar refractivity (Wildman–Crippen MR) is 60.8 cm³/mol. The van der Waals surface area contributed by atoms with Gasteiger partial charge in [0, 0.05) is 0 Å². The number of thiocarbonyl (C=S) groups is 1. The fourth-order valence-corrected chi connectivity index (χ4v) is 1.31. The zero-order chi connectivity index (χ0) is 10.7. The summed E-state index contributed by atoms with van der Waals surface area (Å²) in [7, 11) is 0. The molecule has 1 heterocycles. The molecule has 0 aliphatic carbocycles. The van der Waals surface area contributed by atoms with Crippen molar-refractivity contribution in [2.24, 2.45) is 4.99 Å². The molecule has 0 aliphatic rings. The van der Waals surface area contributed by atoms with Crippen LogP contribution in [0.3, 0.4) is 0 Å². The van der Waals surface area contributed by atoms with Crippen molar-refractivity contribution >= 4 is 23.1 Å². The van der Waals surface area contributed by atoms with Crippen molar-refractivity contribution in [3.8, 4) is 5.69 Å². The quantitative estimate of drug-likeness (QED) is 0.571. The van der Waals surface area contributed by atoms with Gasteiger partial charge in [-0.05, 0) is 43.4 Å². The Morgan fingerprint density at radius 1 is 1.33 bits per heavy atom. The number of hydrogen-bond acceptors (Lipinski definition) is 4. The van der Waals surface area contributed by atoms with E-state index in [-0.39, 0.29) is 0 Å².